The van der Waals surface area contributed by atoms with E-state index in [9.17, 15) is 0 Å². The van der Waals surface area contributed by atoms with Crippen molar-refractivity contribution in [1.29, 1.82) is 0 Å². The van der Waals surface area contributed by atoms with Gasteiger partial charge in [-0.2, -0.15) is 0 Å². The van der Waals surface area contributed by atoms with Gasteiger partial charge in [-0.15, -0.1) is 0 Å². The highest BCUT2D eigenvalue weighted by atomic mass is 33.1. The van der Waals surface area contributed by atoms with Crippen molar-refractivity contribution < 1.29 is 0 Å². The van der Waals surface area contributed by atoms with Crippen LogP contribution in [0.2, 0.25) is 0 Å². The van der Waals surface area contributed by atoms with E-state index in [4.69, 9.17) is 22.9 Å². The zero-order valence-corrected chi connectivity index (χ0v) is 12.0. The average Bonchev–Trinajstić information content (AvgIpc) is 2.22. The summed E-state index contributed by atoms with van der Waals surface area (Å²) in [4.78, 5) is -1.45. The second-order valence-corrected chi connectivity index (χ2v) is 7.14. The molecule has 0 aromatic heterocycles. The number of nitrogens with two attached hydrogens (primary N) is 4. The Hall–Kier alpha value is 0.540. The molecule has 0 aromatic rings. The minimum atomic E-state index is -0.725. The van der Waals surface area contributed by atoms with E-state index in [2.05, 4.69) is 13.8 Å². The predicted octanol–water partition coefficient (Wildman–Crippen LogP) is 1.89. The van der Waals surface area contributed by atoms with Crippen molar-refractivity contribution in [2.45, 2.75) is 62.4 Å². The summed E-state index contributed by atoms with van der Waals surface area (Å²) in [5.41, 5.74) is 23.8. The molecule has 0 saturated carbocycles. The van der Waals surface area contributed by atoms with Gasteiger partial charge in [0.15, 0.2) is 0 Å². The van der Waals surface area contributed by atoms with Crippen LogP contribution in [0, 0.1) is 0 Å². The lowest BCUT2D eigenvalue weighted by Gasteiger charge is -2.29. The highest BCUT2D eigenvalue weighted by Gasteiger charge is 2.26. The Balaban J connectivity index is 3.91. The lowest BCUT2D eigenvalue weighted by Crippen LogP contribution is -2.49. The molecule has 0 fully saturated rings. The molecule has 4 nitrogen and oxygen atoms in total. The van der Waals surface area contributed by atoms with Crippen molar-refractivity contribution in [3.05, 3.63) is 0 Å². The zero-order chi connectivity index (χ0) is 12.7. The summed E-state index contributed by atoms with van der Waals surface area (Å²) in [5.74, 6) is 0. The van der Waals surface area contributed by atoms with Crippen LogP contribution < -0.4 is 22.9 Å². The van der Waals surface area contributed by atoms with E-state index in [0.717, 1.165) is 38.5 Å². The van der Waals surface area contributed by atoms with Gasteiger partial charge >= 0.3 is 0 Å². The highest BCUT2D eigenvalue weighted by Crippen LogP contribution is 2.38. The van der Waals surface area contributed by atoms with Crippen molar-refractivity contribution in [3.63, 3.8) is 0 Å². The SMILES string of the molecule is CCCCC(N)(N)SSC(N)(N)CCCC. The molecule has 98 valence electrons. The quantitative estimate of drug-likeness (QED) is 0.375. The van der Waals surface area contributed by atoms with Gasteiger partial charge in [0, 0.05) is 0 Å². The van der Waals surface area contributed by atoms with Gasteiger partial charge in [-0.05, 0) is 25.7 Å². The molecule has 0 aliphatic heterocycles. The molecule has 0 radical (unpaired) electrons. The summed E-state index contributed by atoms with van der Waals surface area (Å²) in [6, 6.07) is 0. The molecular weight excluding hydrogens is 240 g/mol. The molecule has 0 aromatic carbocycles. The second-order valence-electron chi connectivity index (χ2n) is 4.28. The fourth-order valence-electron chi connectivity index (χ4n) is 1.14. The third kappa shape index (κ3) is 8.66. The number of unbranched alkanes of at least 4 members (excludes halogenated alkanes) is 2. The fraction of sp³-hybridized carbons (Fsp3) is 1.00. The average molecular weight is 266 g/mol. The van der Waals surface area contributed by atoms with Gasteiger partial charge in [0.2, 0.25) is 0 Å². The molecular formula is C10H26N4S2. The van der Waals surface area contributed by atoms with Crippen LogP contribution in [0.4, 0.5) is 0 Å². The van der Waals surface area contributed by atoms with Crippen LogP contribution in [0.25, 0.3) is 0 Å². The maximum absolute atomic E-state index is 5.95. The first-order valence-electron chi connectivity index (χ1n) is 5.85. The minimum Gasteiger partial charge on any atom is -0.304 e. The summed E-state index contributed by atoms with van der Waals surface area (Å²) >= 11 is 0. The smallest absolute Gasteiger partial charge is 0.122 e. The standard InChI is InChI=1S/C10H26N4S2/c1-3-5-7-9(11,12)15-16-10(13,14)8-6-4-2/h3-8,11-14H2,1-2H3. The van der Waals surface area contributed by atoms with E-state index in [1.807, 2.05) is 0 Å². The number of hydrogen-bond donors (Lipinski definition) is 4. The summed E-state index contributed by atoms with van der Waals surface area (Å²) in [6.45, 7) is 4.23. The molecule has 0 spiro atoms. The van der Waals surface area contributed by atoms with E-state index < -0.39 is 9.99 Å². The van der Waals surface area contributed by atoms with Crippen molar-refractivity contribution in [2.75, 3.05) is 0 Å². The summed E-state index contributed by atoms with van der Waals surface area (Å²) in [5, 5.41) is 0. The number of hydrogen-bond acceptors (Lipinski definition) is 6. The summed E-state index contributed by atoms with van der Waals surface area (Å²) in [7, 11) is 2.80. The van der Waals surface area contributed by atoms with Gasteiger partial charge in [-0.1, -0.05) is 48.3 Å². The molecule has 0 aliphatic carbocycles. The van der Waals surface area contributed by atoms with E-state index in [1.165, 1.54) is 21.6 Å². The molecule has 8 N–H and O–H groups in total. The first-order valence-corrected chi connectivity index (χ1v) is 8.00. The Morgan fingerprint density at radius 2 is 1.06 bits per heavy atom. The molecule has 0 unspecified atom stereocenters. The maximum Gasteiger partial charge on any atom is 0.122 e. The lowest BCUT2D eigenvalue weighted by molar-refractivity contribution is 0.546. The zero-order valence-electron chi connectivity index (χ0n) is 10.4. The van der Waals surface area contributed by atoms with Crippen molar-refractivity contribution in [1.82, 2.24) is 0 Å². The number of rotatable bonds is 9. The van der Waals surface area contributed by atoms with Crippen LogP contribution in [0.5, 0.6) is 0 Å². The second kappa shape index (κ2) is 7.79. The summed E-state index contributed by atoms with van der Waals surface area (Å²) < 4.78 is 0. The largest absolute Gasteiger partial charge is 0.304 e. The predicted molar refractivity (Wildman–Crippen MR) is 76.4 cm³/mol. The van der Waals surface area contributed by atoms with Crippen LogP contribution in [-0.4, -0.2) is 9.99 Å². The first kappa shape index (κ1) is 16.5. The van der Waals surface area contributed by atoms with E-state index in [0.29, 0.717) is 0 Å². The summed E-state index contributed by atoms with van der Waals surface area (Å²) in [6.07, 6.45) is 5.80. The molecule has 0 aliphatic rings. The Bertz CT molecular complexity index is 166. The Kier molecular flexibility index (Phi) is 8.05. The third-order valence-electron chi connectivity index (χ3n) is 2.19. The Labute approximate surface area is 107 Å². The van der Waals surface area contributed by atoms with Gasteiger partial charge in [-0.25, -0.2) is 0 Å². The van der Waals surface area contributed by atoms with Crippen molar-refractivity contribution in [2.24, 2.45) is 22.9 Å². The topological polar surface area (TPSA) is 104 Å². The van der Waals surface area contributed by atoms with Gasteiger partial charge in [0.05, 0.1) is 0 Å². The third-order valence-corrected chi connectivity index (χ3v) is 5.42. The molecule has 16 heavy (non-hydrogen) atoms. The molecule has 0 bridgehead atoms. The van der Waals surface area contributed by atoms with Crippen LogP contribution >= 0.6 is 21.6 Å². The van der Waals surface area contributed by atoms with Gasteiger partial charge in [-0.3, -0.25) is 0 Å². The normalized spacial score (nSPS) is 13.1. The fourth-order valence-corrected chi connectivity index (χ4v) is 3.34. The monoisotopic (exact) mass is 266 g/mol. The van der Waals surface area contributed by atoms with Gasteiger partial charge in [0.1, 0.15) is 9.99 Å². The van der Waals surface area contributed by atoms with Crippen LogP contribution in [-0.2, 0) is 0 Å². The van der Waals surface area contributed by atoms with Gasteiger partial charge < -0.3 is 22.9 Å². The maximum atomic E-state index is 5.95. The molecule has 0 amide bonds. The van der Waals surface area contributed by atoms with E-state index in [1.54, 1.807) is 0 Å². The molecule has 0 saturated heterocycles. The van der Waals surface area contributed by atoms with E-state index in [-0.39, 0.29) is 0 Å². The molecule has 0 rings (SSSR count). The van der Waals surface area contributed by atoms with Crippen LogP contribution in [0.15, 0.2) is 0 Å². The van der Waals surface area contributed by atoms with Crippen LogP contribution in [0.1, 0.15) is 52.4 Å². The van der Waals surface area contributed by atoms with Crippen LogP contribution in [0.3, 0.4) is 0 Å². The van der Waals surface area contributed by atoms with Crippen molar-refractivity contribution in [3.8, 4) is 0 Å². The lowest BCUT2D eigenvalue weighted by atomic mass is 10.2. The minimum absolute atomic E-state index is 0.725. The highest BCUT2D eigenvalue weighted by molar-refractivity contribution is 8.77. The van der Waals surface area contributed by atoms with Gasteiger partial charge in [0.25, 0.3) is 0 Å². The van der Waals surface area contributed by atoms with Crippen molar-refractivity contribution >= 4 is 21.6 Å². The molecule has 0 atom stereocenters. The molecule has 0 heterocycles. The first-order chi connectivity index (χ1) is 7.33. The Morgan fingerprint density at radius 1 is 0.750 bits per heavy atom. The molecule has 6 heteroatoms. The van der Waals surface area contributed by atoms with E-state index >= 15 is 0 Å². The Morgan fingerprint density at radius 3 is 1.31 bits per heavy atom.